The number of benzene rings is 4. The molecule has 4 aromatic rings. The summed E-state index contributed by atoms with van der Waals surface area (Å²) < 4.78 is 0. The molecule has 3 N–H and O–H groups in total. The number of phenols is 2. The van der Waals surface area contributed by atoms with E-state index in [4.69, 9.17) is 0 Å². The Morgan fingerprint density at radius 2 is 1.42 bits per heavy atom. The van der Waals surface area contributed by atoms with Crippen molar-refractivity contribution in [2.24, 2.45) is 10.2 Å². The number of carbonyl (C=O) groups is 2. The van der Waals surface area contributed by atoms with Crippen LogP contribution in [0.25, 0.3) is 10.8 Å². The van der Waals surface area contributed by atoms with Crippen molar-refractivity contribution in [1.29, 1.82) is 0 Å². The van der Waals surface area contributed by atoms with E-state index >= 15 is 0 Å². The van der Waals surface area contributed by atoms with Crippen molar-refractivity contribution >= 4 is 33.9 Å². The molecule has 0 saturated carbocycles. The van der Waals surface area contributed by atoms with E-state index in [-0.39, 0.29) is 39.6 Å². The largest absolute Gasteiger partial charge is 0.506 e. The standard InChI is InChI=1S/C24H16N2O5/c27-20-12-10-14-5-1-2-6-16(14)22(20)26-25-19-11-9-15(13-21(19)28)23(29)17-7-3-4-8-18(17)24(30)31/h1-13,27-28H,(H,30,31). The van der Waals surface area contributed by atoms with Crippen molar-refractivity contribution in [2.75, 3.05) is 0 Å². The fourth-order valence-electron chi connectivity index (χ4n) is 3.22. The Hall–Kier alpha value is -4.52. The van der Waals surface area contributed by atoms with Gasteiger partial charge in [-0.1, -0.05) is 48.5 Å². The summed E-state index contributed by atoms with van der Waals surface area (Å²) in [5.74, 6) is -2.11. The van der Waals surface area contributed by atoms with Gasteiger partial charge in [0.1, 0.15) is 22.9 Å². The van der Waals surface area contributed by atoms with Gasteiger partial charge in [-0.15, -0.1) is 10.2 Å². The van der Waals surface area contributed by atoms with Crippen LogP contribution in [0, 0.1) is 0 Å². The minimum absolute atomic E-state index is 0.0180. The van der Waals surface area contributed by atoms with Crippen molar-refractivity contribution in [2.45, 2.75) is 0 Å². The summed E-state index contributed by atoms with van der Waals surface area (Å²) in [6, 6.07) is 20.5. The van der Waals surface area contributed by atoms with Gasteiger partial charge in [0, 0.05) is 16.5 Å². The molecular weight excluding hydrogens is 396 g/mol. The summed E-state index contributed by atoms with van der Waals surface area (Å²) in [7, 11) is 0. The zero-order chi connectivity index (χ0) is 22.0. The molecule has 0 aliphatic rings. The van der Waals surface area contributed by atoms with Crippen LogP contribution in [0.2, 0.25) is 0 Å². The lowest BCUT2D eigenvalue weighted by atomic mass is 9.98. The van der Waals surface area contributed by atoms with E-state index in [1.165, 1.54) is 42.5 Å². The van der Waals surface area contributed by atoms with E-state index in [0.29, 0.717) is 5.39 Å². The van der Waals surface area contributed by atoms with Gasteiger partial charge in [-0.2, -0.15) is 0 Å². The van der Waals surface area contributed by atoms with Crippen LogP contribution in [-0.2, 0) is 0 Å². The summed E-state index contributed by atoms with van der Waals surface area (Å²) in [4.78, 5) is 24.1. The number of ketones is 1. The first-order chi connectivity index (χ1) is 15.0. The molecule has 0 aliphatic heterocycles. The van der Waals surface area contributed by atoms with Crippen LogP contribution < -0.4 is 0 Å². The van der Waals surface area contributed by atoms with Gasteiger partial charge in [-0.3, -0.25) is 4.79 Å². The van der Waals surface area contributed by atoms with Gasteiger partial charge in [-0.05, 0) is 35.7 Å². The molecule has 4 rings (SSSR count). The molecule has 0 amide bonds. The molecule has 4 aromatic carbocycles. The van der Waals surface area contributed by atoms with Crippen molar-refractivity contribution in [1.82, 2.24) is 0 Å². The zero-order valence-corrected chi connectivity index (χ0v) is 16.1. The van der Waals surface area contributed by atoms with E-state index in [0.717, 1.165) is 5.39 Å². The Kier molecular flexibility index (Phi) is 5.15. The van der Waals surface area contributed by atoms with Crippen molar-refractivity contribution in [3.8, 4) is 11.5 Å². The lowest BCUT2D eigenvalue weighted by Gasteiger charge is -2.07. The first-order valence-electron chi connectivity index (χ1n) is 9.28. The third-order valence-electron chi connectivity index (χ3n) is 4.78. The first-order valence-corrected chi connectivity index (χ1v) is 9.28. The average molecular weight is 412 g/mol. The molecule has 0 spiro atoms. The molecule has 0 saturated heterocycles. The van der Waals surface area contributed by atoms with Crippen molar-refractivity contribution in [3.63, 3.8) is 0 Å². The Bertz CT molecular complexity index is 1360. The third-order valence-corrected chi connectivity index (χ3v) is 4.78. The van der Waals surface area contributed by atoms with Crippen LogP contribution in [0.5, 0.6) is 11.5 Å². The van der Waals surface area contributed by atoms with E-state index in [9.17, 15) is 24.9 Å². The lowest BCUT2D eigenvalue weighted by molar-refractivity contribution is 0.0693. The number of hydrogen-bond acceptors (Lipinski definition) is 6. The maximum atomic E-state index is 12.7. The van der Waals surface area contributed by atoms with E-state index in [1.807, 2.05) is 18.2 Å². The van der Waals surface area contributed by atoms with Crippen LogP contribution in [0.1, 0.15) is 26.3 Å². The molecule has 0 aromatic heterocycles. The topological polar surface area (TPSA) is 120 Å². The Morgan fingerprint density at radius 3 is 2.16 bits per heavy atom. The predicted octanol–water partition coefficient (Wildman–Crippen LogP) is 5.60. The van der Waals surface area contributed by atoms with Gasteiger partial charge in [0.15, 0.2) is 5.78 Å². The minimum atomic E-state index is -1.21. The molecule has 7 heteroatoms. The number of hydrogen-bond donors (Lipinski definition) is 3. The third kappa shape index (κ3) is 3.84. The predicted molar refractivity (Wildman–Crippen MR) is 115 cm³/mol. The molecule has 7 nitrogen and oxygen atoms in total. The number of aromatic hydroxyl groups is 2. The molecule has 0 atom stereocenters. The van der Waals surface area contributed by atoms with Crippen LogP contribution >= 0.6 is 0 Å². The Labute approximate surface area is 176 Å². The maximum Gasteiger partial charge on any atom is 0.336 e. The molecule has 0 unspecified atom stereocenters. The van der Waals surface area contributed by atoms with Gasteiger partial charge < -0.3 is 15.3 Å². The highest BCUT2D eigenvalue weighted by Gasteiger charge is 2.18. The molecule has 0 heterocycles. The molecule has 0 radical (unpaired) electrons. The van der Waals surface area contributed by atoms with Gasteiger partial charge in [-0.25, -0.2) is 4.79 Å². The fraction of sp³-hybridized carbons (Fsp3) is 0. The fourth-order valence-corrected chi connectivity index (χ4v) is 3.22. The van der Waals surface area contributed by atoms with Gasteiger partial charge in [0.25, 0.3) is 0 Å². The number of carboxylic acid groups (broad SMARTS) is 1. The second kappa shape index (κ2) is 8.08. The Balaban J connectivity index is 1.67. The van der Waals surface area contributed by atoms with Crippen LogP contribution in [0.15, 0.2) is 89.1 Å². The highest BCUT2D eigenvalue weighted by molar-refractivity contribution is 6.14. The monoisotopic (exact) mass is 412 g/mol. The van der Waals surface area contributed by atoms with Gasteiger partial charge in [0.2, 0.25) is 0 Å². The molecule has 0 bridgehead atoms. The summed E-state index contributed by atoms with van der Waals surface area (Å²) in [5, 5.41) is 39.5. The lowest BCUT2D eigenvalue weighted by Crippen LogP contribution is -2.09. The van der Waals surface area contributed by atoms with Crippen molar-refractivity contribution in [3.05, 3.63) is 95.6 Å². The smallest absolute Gasteiger partial charge is 0.336 e. The number of nitrogens with zero attached hydrogens (tertiary/aromatic N) is 2. The molecule has 0 fully saturated rings. The van der Waals surface area contributed by atoms with E-state index in [1.54, 1.807) is 18.2 Å². The normalized spacial score (nSPS) is 11.1. The number of carbonyl (C=O) groups excluding carboxylic acids is 1. The molecule has 152 valence electrons. The zero-order valence-electron chi connectivity index (χ0n) is 16.1. The van der Waals surface area contributed by atoms with E-state index < -0.39 is 11.8 Å². The highest BCUT2D eigenvalue weighted by Crippen LogP contribution is 2.37. The molecule has 31 heavy (non-hydrogen) atoms. The maximum absolute atomic E-state index is 12.7. The van der Waals surface area contributed by atoms with Gasteiger partial charge in [0.05, 0.1) is 5.56 Å². The highest BCUT2D eigenvalue weighted by atomic mass is 16.4. The number of phenolic OH excluding ortho intramolecular Hbond substituents is 2. The number of azo groups is 1. The first kappa shape index (κ1) is 19.8. The van der Waals surface area contributed by atoms with Gasteiger partial charge >= 0.3 is 5.97 Å². The molecule has 0 aliphatic carbocycles. The average Bonchev–Trinajstić information content (AvgIpc) is 2.78. The number of carboxylic acids is 1. The summed E-state index contributed by atoms with van der Waals surface area (Å²) in [6.45, 7) is 0. The quantitative estimate of drug-likeness (QED) is 0.291. The number of fused-ring (bicyclic) bond motifs is 1. The van der Waals surface area contributed by atoms with Crippen LogP contribution in [0.4, 0.5) is 11.4 Å². The summed E-state index contributed by atoms with van der Waals surface area (Å²) in [5.41, 5.74) is 0.355. The number of rotatable bonds is 5. The van der Waals surface area contributed by atoms with Crippen LogP contribution in [-0.4, -0.2) is 27.1 Å². The minimum Gasteiger partial charge on any atom is -0.506 e. The van der Waals surface area contributed by atoms with Crippen molar-refractivity contribution < 1.29 is 24.9 Å². The molecular formula is C24H16N2O5. The second-order valence-electron chi connectivity index (χ2n) is 6.74. The van der Waals surface area contributed by atoms with Crippen LogP contribution in [0.3, 0.4) is 0 Å². The van der Waals surface area contributed by atoms with E-state index in [2.05, 4.69) is 10.2 Å². The summed E-state index contributed by atoms with van der Waals surface area (Å²) >= 11 is 0. The Morgan fingerprint density at radius 1 is 0.710 bits per heavy atom. The number of aromatic carboxylic acids is 1. The summed E-state index contributed by atoms with van der Waals surface area (Å²) in [6.07, 6.45) is 0. The SMILES string of the molecule is O=C(O)c1ccccc1C(=O)c1ccc(N=Nc2c(O)ccc3ccccc23)c(O)c1. The second-order valence-corrected chi connectivity index (χ2v) is 6.74.